The Morgan fingerprint density at radius 2 is 1.32 bits per heavy atom. The number of rotatable bonds is 6. The zero-order chi connectivity index (χ0) is 32.9. The largest absolute Gasteiger partial charge is 0.0726 e. The van der Waals surface area contributed by atoms with Gasteiger partial charge in [-0.2, -0.15) is 0 Å². The molecule has 1 unspecified atom stereocenters. The minimum absolute atomic E-state index is 0.0340. The van der Waals surface area contributed by atoms with E-state index in [2.05, 4.69) is 182 Å². The van der Waals surface area contributed by atoms with E-state index in [1.165, 1.54) is 77.9 Å². The summed E-state index contributed by atoms with van der Waals surface area (Å²) in [6.45, 7) is 16.3. The van der Waals surface area contributed by atoms with Crippen LogP contribution in [0.5, 0.6) is 0 Å². The number of benzene rings is 5. The van der Waals surface area contributed by atoms with E-state index in [0.717, 1.165) is 6.42 Å². The van der Waals surface area contributed by atoms with Crippen molar-refractivity contribution in [2.75, 3.05) is 0 Å². The molecule has 0 heterocycles. The lowest BCUT2D eigenvalue weighted by Crippen LogP contribution is -2.18. The van der Waals surface area contributed by atoms with E-state index in [1.807, 2.05) is 0 Å². The van der Waals surface area contributed by atoms with E-state index in [4.69, 9.17) is 0 Å². The normalized spacial score (nSPS) is 15.3. The molecule has 7 rings (SSSR count). The molecule has 2 aliphatic rings. The van der Waals surface area contributed by atoms with Gasteiger partial charge in [-0.15, -0.1) is 0 Å². The van der Waals surface area contributed by atoms with Gasteiger partial charge in [0, 0.05) is 11.3 Å². The minimum atomic E-state index is -0.169. The second-order valence-electron chi connectivity index (χ2n) is 15.2. The molecule has 0 fully saturated rings. The van der Waals surface area contributed by atoms with Gasteiger partial charge in [0.15, 0.2) is 0 Å². The molecule has 0 aliphatic heterocycles. The molecule has 5 aromatic carbocycles. The van der Waals surface area contributed by atoms with E-state index in [1.54, 1.807) is 0 Å². The summed E-state index contributed by atoms with van der Waals surface area (Å²) in [4.78, 5) is 0. The summed E-state index contributed by atoms with van der Waals surface area (Å²) in [5, 5.41) is 0. The molecule has 2 aliphatic carbocycles. The first-order valence-corrected chi connectivity index (χ1v) is 17.1. The van der Waals surface area contributed by atoms with Crippen LogP contribution in [0.3, 0.4) is 0 Å². The summed E-state index contributed by atoms with van der Waals surface area (Å²) in [6.07, 6.45) is 10.5. The van der Waals surface area contributed by atoms with Crippen LogP contribution in [0.1, 0.15) is 96.2 Å². The second-order valence-corrected chi connectivity index (χ2v) is 15.2. The maximum Gasteiger partial charge on any atom is 0.0284 e. The fourth-order valence-corrected chi connectivity index (χ4v) is 7.85. The lowest BCUT2D eigenvalue weighted by molar-refractivity contribution is 0.582. The van der Waals surface area contributed by atoms with Crippen LogP contribution in [0.15, 0.2) is 133 Å². The summed E-state index contributed by atoms with van der Waals surface area (Å²) in [6, 6.07) is 40.6. The fraction of sp³-hybridized carbons (Fsp3) is 0.234. The molecule has 0 bridgehead atoms. The lowest BCUT2D eigenvalue weighted by atomic mass is 9.74. The molecule has 0 heteroatoms. The average molecular weight is 611 g/mol. The number of allylic oxidation sites excluding steroid dienone is 5. The fourth-order valence-electron chi connectivity index (χ4n) is 7.85. The highest BCUT2D eigenvalue weighted by atomic mass is 14.4. The predicted molar refractivity (Wildman–Crippen MR) is 202 cm³/mol. The first-order valence-electron chi connectivity index (χ1n) is 17.1. The van der Waals surface area contributed by atoms with Crippen LogP contribution in [0.4, 0.5) is 0 Å². The van der Waals surface area contributed by atoms with Gasteiger partial charge in [-0.3, -0.25) is 0 Å². The Balaban J connectivity index is 1.31. The maximum atomic E-state index is 2.49. The summed E-state index contributed by atoms with van der Waals surface area (Å²) < 4.78 is 0. The van der Waals surface area contributed by atoms with Crippen molar-refractivity contribution in [3.05, 3.63) is 189 Å². The third-order valence-electron chi connectivity index (χ3n) is 10.3. The Kier molecular flexibility index (Phi) is 7.80. The molecule has 0 saturated carbocycles. The van der Waals surface area contributed by atoms with Crippen molar-refractivity contribution in [3.63, 3.8) is 0 Å². The Morgan fingerprint density at radius 3 is 1.96 bits per heavy atom. The molecule has 0 aromatic heterocycles. The van der Waals surface area contributed by atoms with Crippen LogP contribution in [0.25, 0.3) is 22.3 Å². The van der Waals surface area contributed by atoms with Crippen molar-refractivity contribution in [2.45, 2.75) is 71.6 Å². The maximum absolute atomic E-state index is 2.49. The number of hydrogen-bond acceptors (Lipinski definition) is 0. The van der Waals surface area contributed by atoms with Crippen LogP contribution >= 0.6 is 0 Å². The van der Waals surface area contributed by atoms with Crippen LogP contribution in [-0.2, 0) is 17.3 Å². The van der Waals surface area contributed by atoms with Crippen LogP contribution in [0.2, 0.25) is 0 Å². The van der Waals surface area contributed by atoms with Gasteiger partial charge in [0.1, 0.15) is 0 Å². The van der Waals surface area contributed by atoms with Crippen molar-refractivity contribution in [1.29, 1.82) is 0 Å². The van der Waals surface area contributed by atoms with E-state index in [0.29, 0.717) is 0 Å². The zero-order valence-corrected chi connectivity index (χ0v) is 29.0. The molecule has 1 atom stereocenters. The molecule has 0 saturated heterocycles. The van der Waals surface area contributed by atoms with E-state index in [9.17, 15) is 0 Å². The highest BCUT2D eigenvalue weighted by molar-refractivity contribution is 5.86. The zero-order valence-electron chi connectivity index (χ0n) is 29.0. The standard InChI is InChI=1S/C47H46/c1-31-21-23-37(32(2)27-31)39-19-14-20-41(39)45-42-29-35-28-36(22-24-38(35)40(42)25-26-44(45)46(3,4)5)47(6,7)30-43(33-15-10-8-11-16-33)34-17-12-9-13-18-34/h8-28,30,41H,29H2,1-7H3. The predicted octanol–water partition coefficient (Wildman–Crippen LogP) is 12.3. The molecule has 0 spiro atoms. The minimum Gasteiger partial charge on any atom is -0.0726 e. The average Bonchev–Trinajstić information content (AvgIpc) is 3.68. The van der Waals surface area contributed by atoms with Gasteiger partial charge in [-0.05, 0) is 98.0 Å². The van der Waals surface area contributed by atoms with Crippen molar-refractivity contribution in [1.82, 2.24) is 0 Å². The Morgan fingerprint density at radius 1 is 0.681 bits per heavy atom. The number of aryl methyl sites for hydroxylation is 2. The number of hydrogen-bond donors (Lipinski definition) is 0. The quantitative estimate of drug-likeness (QED) is 0.176. The summed E-state index contributed by atoms with van der Waals surface area (Å²) in [7, 11) is 0. The number of fused-ring (bicyclic) bond motifs is 3. The third kappa shape index (κ3) is 5.76. The molecule has 47 heavy (non-hydrogen) atoms. The third-order valence-corrected chi connectivity index (χ3v) is 10.3. The Labute approximate surface area is 282 Å². The van der Waals surface area contributed by atoms with Gasteiger partial charge in [0.2, 0.25) is 0 Å². The lowest BCUT2D eigenvalue weighted by Gasteiger charge is -2.29. The molecule has 0 amide bonds. The van der Waals surface area contributed by atoms with Gasteiger partial charge in [0.25, 0.3) is 0 Å². The first-order chi connectivity index (χ1) is 22.5. The van der Waals surface area contributed by atoms with Crippen molar-refractivity contribution in [2.24, 2.45) is 0 Å². The van der Waals surface area contributed by atoms with Crippen LogP contribution in [-0.4, -0.2) is 0 Å². The smallest absolute Gasteiger partial charge is 0.0284 e. The van der Waals surface area contributed by atoms with E-state index < -0.39 is 0 Å². The van der Waals surface area contributed by atoms with Crippen LogP contribution in [0, 0.1) is 13.8 Å². The highest BCUT2D eigenvalue weighted by Gasteiger charge is 2.33. The van der Waals surface area contributed by atoms with Gasteiger partial charge in [-0.1, -0.05) is 174 Å². The van der Waals surface area contributed by atoms with Crippen molar-refractivity contribution < 1.29 is 0 Å². The van der Waals surface area contributed by atoms with E-state index in [-0.39, 0.29) is 16.7 Å². The van der Waals surface area contributed by atoms with Gasteiger partial charge in [0.05, 0.1) is 0 Å². The second kappa shape index (κ2) is 11.8. The van der Waals surface area contributed by atoms with Crippen molar-refractivity contribution >= 4 is 11.1 Å². The molecule has 5 aromatic rings. The molecular formula is C47H46. The highest BCUT2D eigenvalue weighted by Crippen LogP contribution is 2.50. The van der Waals surface area contributed by atoms with Gasteiger partial charge < -0.3 is 0 Å². The van der Waals surface area contributed by atoms with E-state index >= 15 is 0 Å². The topological polar surface area (TPSA) is 0 Å². The first kappa shape index (κ1) is 30.9. The van der Waals surface area contributed by atoms with Crippen molar-refractivity contribution in [3.8, 4) is 11.1 Å². The monoisotopic (exact) mass is 610 g/mol. The molecule has 0 N–H and O–H groups in total. The summed E-state index contributed by atoms with van der Waals surface area (Å²) >= 11 is 0. The Bertz CT molecular complexity index is 2020. The van der Waals surface area contributed by atoms with Gasteiger partial charge >= 0.3 is 0 Å². The molecule has 0 radical (unpaired) electrons. The summed E-state index contributed by atoms with van der Waals surface area (Å²) in [5.74, 6) is 0.244. The molecule has 0 nitrogen and oxygen atoms in total. The summed E-state index contributed by atoms with van der Waals surface area (Å²) in [5.41, 5.74) is 19.1. The molecular weight excluding hydrogens is 565 g/mol. The van der Waals surface area contributed by atoms with Crippen LogP contribution < -0.4 is 0 Å². The SMILES string of the molecule is Cc1ccc(C2=CC=CC2c2c(C(C)(C)C)ccc3c2Cc2cc(C(C)(C)C=C(c4ccccc4)c4ccccc4)ccc2-3)c(C)c1. The Hall–Kier alpha value is -4.68. The van der Waals surface area contributed by atoms with Gasteiger partial charge in [-0.25, -0.2) is 0 Å². The molecule has 234 valence electrons.